The first kappa shape index (κ1) is 11.6. The van der Waals surface area contributed by atoms with Crippen LogP contribution in [0.1, 0.15) is 36.2 Å². The molecule has 4 nitrogen and oxygen atoms in total. The van der Waals surface area contributed by atoms with Gasteiger partial charge < -0.3 is 4.74 Å². The van der Waals surface area contributed by atoms with E-state index in [1.54, 1.807) is 14.2 Å². The van der Waals surface area contributed by atoms with Crippen LogP contribution in [-0.2, 0) is 11.8 Å². The second-order valence-electron chi connectivity index (χ2n) is 4.31. The zero-order chi connectivity index (χ0) is 11.8. The van der Waals surface area contributed by atoms with Gasteiger partial charge in [-0.25, -0.2) is 0 Å². The highest BCUT2D eigenvalue weighted by Crippen LogP contribution is 2.39. The lowest BCUT2D eigenvalue weighted by atomic mass is 9.76. The van der Waals surface area contributed by atoms with E-state index >= 15 is 0 Å². The van der Waals surface area contributed by atoms with Gasteiger partial charge in [0.2, 0.25) is 0 Å². The molecule has 0 amide bonds. The van der Waals surface area contributed by atoms with Gasteiger partial charge >= 0.3 is 0 Å². The Hall–Kier alpha value is -0.870. The number of rotatable bonds is 4. The van der Waals surface area contributed by atoms with E-state index < -0.39 is 0 Å². The molecule has 0 spiro atoms. The third-order valence-corrected chi connectivity index (χ3v) is 3.62. The number of ketones is 1. The van der Waals surface area contributed by atoms with Crippen molar-refractivity contribution >= 4 is 17.4 Å². The van der Waals surface area contributed by atoms with Crippen LogP contribution < -0.4 is 0 Å². The summed E-state index contributed by atoms with van der Waals surface area (Å²) in [4.78, 5) is 12.1. The maximum absolute atomic E-state index is 12.1. The number of Topliss-reactive ketones (excluding diaryl/α,β-unsaturated/α-hetero) is 1. The van der Waals surface area contributed by atoms with E-state index in [0.29, 0.717) is 17.1 Å². The van der Waals surface area contributed by atoms with Gasteiger partial charge in [0, 0.05) is 20.6 Å². The summed E-state index contributed by atoms with van der Waals surface area (Å²) in [7, 11) is 3.39. The molecule has 1 aliphatic carbocycles. The fraction of sp³-hybridized carbons (Fsp3) is 0.636. The Kier molecular flexibility index (Phi) is 3.04. The minimum absolute atomic E-state index is 0.00606. The van der Waals surface area contributed by atoms with E-state index in [0.717, 1.165) is 19.3 Å². The molecule has 1 aromatic rings. The van der Waals surface area contributed by atoms with E-state index in [1.807, 2.05) is 0 Å². The molecule has 0 unspecified atom stereocenters. The molecule has 1 aliphatic rings. The number of ether oxygens (including phenoxy) is 1. The number of hydrogen-bond acceptors (Lipinski definition) is 3. The average molecular weight is 243 g/mol. The van der Waals surface area contributed by atoms with Crippen LogP contribution in [0.5, 0.6) is 0 Å². The molecular formula is C11H15ClN2O2. The van der Waals surface area contributed by atoms with Gasteiger partial charge in [-0.3, -0.25) is 9.48 Å². The molecule has 5 heteroatoms. The number of hydrogen-bond donors (Lipinski definition) is 0. The third-order valence-electron chi connectivity index (χ3n) is 3.34. The quantitative estimate of drug-likeness (QED) is 0.761. The van der Waals surface area contributed by atoms with Crippen molar-refractivity contribution in [3.63, 3.8) is 0 Å². The summed E-state index contributed by atoms with van der Waals surface area (Å²) in [5.41, 5.74) is 0.218. The van der Waals surface area contributed by atoms with Crippen LogP contribution in [0.4, 0.5) is 0 Å². The predicted molar refractivity (Wildman–Crippen MR) is 60.8 cm³/mol. The van der Waals surface area contributed by atoms with Crippen molar-refractivity contribution in [3.05, 3.63) is 16.9 Å². The first-order valence-electron chi connectivity index (χ1n) is 5.34. The van der Waals surface area contributed by atoms with Crippen LogP contribution in [0.25, 0.3) is 0 Å². The van der Waals surface area contributed by atoms with Crippen molar-refractivity contribution < 1.29 is 9.53 Å². The molecule has 0 aromatic carbocycles. The molecule has 1 heterocycles. The number of nitrogens with zero attached hydrogens (tertiary/aromatic N) is 2. The number of halogens is 1. The molecule has 16 heavy (non-hydrogen) atoms. The van der Waals surface area contributed by atoms with E-state index in [4.69, 9.17) is 16.3 Å². The number of aromatic nitrogens is 2. The van der Waals surface area contributed by atoms with Gasteiger partial charge in [0.1, 0.15) is 5.69 Å². The molecule has 0 radical (unpaired) electrons. The van der Waals surface area contributed by atoms with Crippen molar-refractivity contribution in [2.75, 3.05) is 7.11 Å². The Labute approximate surface area is 99.5 Å². The molecule has 0 aliphatic heterocycles. The first-order chi connectivity index (χ1) is 7.58. The zero-order valence-electron chi connectivity index (χ0n) is 9.49. The first-order valence-corrected chi connectivity index (χ1v) is 5.72. The van der Waals surface area contributed by atoms with Crippen LogP contribution in [0, 0.1) is 0 Å². The van der Waals surface area contributed by atoms with Crippen LogP contribution in [0.3, 0.4) is 0 Å². The maximum atomic E-state index is 12.1. The lowest BCUT2D eigenvalue weighted by Crippen LogP contribution is -2.41. The number of methoxy groups -OCH3 is 1. The lowest BCUT2D eigenvalue weighted by molar-refractivity contribution is -0.0705. The fourth-order valence-electron chi connectivity index (χ4n) is 2.12. The van der Waals surface area contributed by atoms with Gasteiger partial charge in [0.05, 0.1) is 16.8 Å². The fourth-order valence-corrected chi connectivity index (χ4v) is 2.40. The van der Waals surface area contributed by atoms with Gasteiger partial charge in [0.25, 0.3) is 0 Å². The summed E-state index contributed by atoms with van der Waals surface area (Å²) in [6.07, 6.45) is 4.91. The molecule has 0 N–H and O–H groups in total. The molecule has 1 fully saturated rings. The van der Waals surface area contributed by atoms with Crippen molar-refractivity contribution in [2.45, 2.75) is 31.3 Å². The van der Waals surface area contributed by atoms with Crippen molar-refractivity contribution in [1.29, 1.82) is 0 Å². The molecule has 2 rings (SSSR count). The summed E-state index contributed by atoms with van der Waals surface area (Å²) in [6, 6.07) is 0. The lowest BCUT2D eigenvalue weighted by Gasteiger charge is -2.39. The van der Waals surface area contributed by atoms with Crippen molar-refractivity contribution in [1.82, 2.24) is 9.78 Å². The number of carbonyl (C=O) groups is 1. The highest BCUT2D eigenvalue weighted by molar-refractivity contribution is 6.33. The Morgan fingerprint density at radius 3 is 2.75 bits per heavy atom. The van der Waals surface area contributed by atoms with Crippen molar-refractivity contribution in [2.24, 2.45) is 7.05 Å². The van der Waals surface area contributed by atoms with Gasteiger partial charge in [-0.2, -0.15) is 5.10 Å². The van der Waals surface area contributed by atoms with Crippen LogP contribution in [0.2, 0.25) is 5.02 Å². The Bertz CT molecular complexity index is 385. The van der Waals surface area contributed by atoms with Crippen molar-refractivity contribution in [3.8, 4) is 0 Å². The SMILES string of the molecule is COC1(CC(=O)c2c(Cl)cnn2C)CCC1. The van der Waals surface area contributed by atoms with Crippen LogP contribution >= 0.6 is 11.6 Å². The molecule has 0 bridgehead atoms. The average Bonchev–Trinajstić information content (AvgIpc) is 2.52. The van der Waals surface area contributed by atoms with E-state index in [-0.39, 0.29) is 11.4 Å². The predicted octanol–water partition coefficient (Wildman–Crippen LogP) is 2.22. The van der Waals surface area contributed by atoms with Crippen LogP contribution in [-0.4, -0.2) is 28.3 Å². The summed E-state index contributed by atoms with van der Waals surface area (Å²) < 4.78 is 6.95. The van der Waals surface area contributed by atoms with Gasteiger partial charge in [0.15, 0.2) is 5.78 Å². The maximum Gasteiger partial charge on any atom is 0.185 e. The largest absolute Gasteiger partial charge is 0.378 e. The normalized spacial score (nSPS) is 18.2. The Morgan fingerprint density at radius 1 is 1.69 bits per heavy atom. The minimum Gasteiger partial charge on any atom is -0.378 e. The van der Waals surface area contributed by atoms with E-state index in [9.17, 15) is 4.79 Å². The van der Waals surface area contributed by atoms with Gasteiger partial charge in [-0.05, 0) is 19.3 Å². The molecule has 0 saturated heterocycles. The summed E-state index contributed by atoms with van der Waals surface area (Å²) in [6.45, 7) is 0. The molecule has 0 atom stereocenters. The zero-order valence-corrected chi connectivity index (χ0v) is 10.3. The molecule has 1 aromatic heterocycles. The second-order valence-corrected chi connectivity index (χ2v) is 4.71. The second kappa shape index (κ2) is 4.18. The summed E-state index contributed by atoms with van der Waals surface area (Å²) >= 11 is 5.93. The topological polar surface area (TPSA) is 44.1 Å². The molecular weight excluding hydrogens is 228 g/mol. The Morgan fingerprint density at radius 2 is 2.38 bits per heavy atom. The standard InChI is InChI=1S/C11H15ClN2O2/c1-14-10(8(12)7-13-14)9(15)6-11(16-2)4-3-5-11/h7H,3-6H2,1-2H3. The third kappa shape index (κ3) is 1.87. The summed E-state index contributed by atoms with van der Waals surface area (Å²) in [5.74, 6) is 0.00606. The van der Waals surface area contributed by atoms with Gasteiger partial charge in [-0.1, -0.05) is 11.6 Å². The Balaban J connectivity index is 2.14. The number of aryl methyl sites for hydroxylation is 1. The molecule has 1 saturated carbocycles. The molecule has 88 valence electrons. The minimum atomic E-state index is -0.259. The van der Waals surface area contributed by atoms with Crippen LogP contribution in [0.15, 0.2) is 6.20 Å². The van der Waals surface area contributed by atoms with Gasteiger partial charge in [-0.15, -0.1) is 0 Å². The van der Waals surface area contributed by atoms with E-state index in [1.165, 1.54) is 10.9 Å². The smallest absolute Gasteiger partial charge is 0.185 e. The number of carbonyl (C=O) groups excluding carboxylic acids is 1. The highest BCUT2D eigenvalue weighted by Gasteiger charge is 2.39. The summed E-state index contributed by atoms with van der Waals surface area (Å²) in [5, 5.41) is 4.37. The highest BCUT2D eigenvalue weighted by atomic mass is 35.5. The monoisotopic (exact) mass is 242 g/mol. The van der Waals surface area contributed by atoms with E-state index in [2.05, 4.69) is 5.10 Å².